The van der Waals surface area contributed by atoms with Crippen LogP contribution >= 0.6 is 0 Å². The number of nitrogen functional groups attached to an aromatic ring is 1. The third-order valence-corrected chi connectivity index (χ3v) is 3.70. The molecule has 1 aliphatic rings. The Balaban J connectivity index is 1.66. The standard InChI is InChI=1S/C17H15N5O3/c18-16-15(17(23)22(21-16)12-4-2-1-3-5-12)20-19-11-6-7-13-14(10-11)25-9-8-24-13/h1-7,10,21H,8-9,18H2. The quantitative estimate of drug-likeness (QED) is 0.716. The van der Waals surface area contributed by atoms with Crippen LogP contribution in [0.4, 0.5) is 17.2 Å². The topological polar surface area (TPSA) is 107 Å². The number of para-hydroxylation sites is 1. The van der Waals surface area contributed by atoms with Crippen molar-refractivity contribution in [1.29, 1.82) is 0 Å². The average Bonchev–Trinajstić information content (AvgIpc) is 2.94. The zero-order valence-electron chi connectivity index (χ0n) is 13.2. The van der Waals surface area contributed by atoms with Crippen molar-refractivity contribution in [2.24, 2.45) is 10.2 Å². The molecule has 0 saturated heterocycles. The molecule has 0 aliphatic carbocycles. The molecule has 0 amide bonds. The van der Waals surface area contributed by atoms with Gasteiger partial charge in [-0.1, -0.05) is 18.2 Å². The van der Waals surface area contributed by atoms with Crippen LogP contribution in [0.1, 0.15) is 0 Å². The van der Waals surface area contributed by atoms with E-state index in [0.717, 1.165) is 0 Å². The van der Waals surface area contributed by atoms with Crippen LogP contribution in [0, 0.1) is 0 Å². The lowest BCUT2D eigenvalue weighted by molar-refractivity contribution is 0.171. The summed E-state index contributed by atoms with van der Waals surface area (Å²) in [6.07, 6.45) is 0. The number of ether oxygens (including phenoxy) is 2. The summed E-state index contributed by atoms with van der Waals surface area (Å²) in [6, 6.07) is 14.3. The number of nitrogens with two attached hydrogens (primary N) is 1. The number of benzene rings is 2. The molecule has 0 radical (unpaired) electrons. The number of hydrogen-bond acceptors (Lipinski definition) is 6. The van der Waals surface area contributed by atoms with E-state index >= 15 is 0 Å². The number of nitrogens with zero attached hydrogens (tertiary/aromatic N) is 3. The Morgan fingerprint density at radius 1 is 1.00 bits per heavy atom. The number of nitrogens with one attached hydrogen (secondary N) is 1. The van der Waals surface area contributed by atoms with E-state index in [0.29, 0.717) is 36.1 Å². The van der Waals surface area contributed by atoms with Gasteiger partial charge >= 0.3 is 5.56 Å². The number of aromatic amines is 1. The summed E-state index contributed by atoms with van der Waals surface area (Å²) in [5.41, 5.74) is 6.77. The maximum absolute atomic E-state index is 12.5. The Morgan fingerprint density at radius 2 is 1.76 bits per heavy atom. The molecule has 0 spiro atoms. The van der Waals surface area contributed by atoms with Gasteiger partial charge in [-0.05, 0) is 24.3 Å². The van der Waals surface area contributed by atoms with E-state index < -0.39 is 0 Å². The fourth-order valence-electron chi connectivity index (χ4n) is 2.50. The van der Waals surface area contributed by atoms with Gasteiger partial charge in [0, 0.05) is 6.07 Å². The number of anilines is 1. The second-order valence-electron chi connectivity index (χ2n) is 5.38. The lowest BCUT2D eigenvalue weighted by Crippen LogP contribution is -2.14. The number of azo groups is 1. The van der Waals surface area contributed by atoms with Crippen molar-refractivity contribution in [3.8, 4) is 17.2 Å². The van der Waals surface area contributed by atoms with Gasteiger partial charge in [-0.3, -0.25) is 9.89 Å². The van der Waals surface area contributed by atoms with Crippen molar-refractivity contribution in [3.05, 3.63) is 58.9 Å². The number of fused-ring (bicyclic) bond motifs is 1. The second kappa shape index (κ2) is 6.16. The molecule has 8 heteroatoms. The molecule has 2 heterocycles. The summed E-state index contributed by atoms with van der Waals surface area (Å²) in [4.78, 5) is 12.5. The summed E-state index contributed by atoms with van der Waals surface area (Å²) in [7, 11) is 0. The van der Waals surface area contributed by atoms with Crippen LogP contribution in [0.2, 0.25) is 0 Å². The number of hydrogen-bond donors (Lipinski definition) is 2. The van der Waals surface area contributed by atoms with Crippen molar-refractivity contribution in [3.63, 3.8) is 0 Å². The van der Waals surface area contributed by atoms with Crippen LogP contribution in [0.3, 0.4) is 0 Å². The van der Waals surface area contributed by atoms with Crippen molar-refractivity contribution >= 4 is 17.2 Å². The van der Waals surface area contributed by atoms with Crippen LogP contribution in [0.5, 0.6) is 11.5 Å². The van der Waals surface area contributed by atoms with E-state index in [1.165, 1.54) is 4.68 Å². The maximum Gasteiger partial charge on any atom is 0.301 e. The monoisotopic (exact) mass is 337 g/mol. The summed E-state index contributed by atoms with van der Waals surface area (Å²) in [5.74, 6) is 1.42. The molecule has 126 valence electrons. The van der Waals surface area contributed by atoms with E-state index in [2.05, 4.69) is 15.3 Å². The van der Waals surface area contributed by atoms with E-state index in [1.54, 1.807) is 30.3 Å². The Labute approximate surface area is 142 Å². The molecule has 0 unspecified atom stereocenters. The molecule has 0 bridgehead atoms. The van der Waals surface area contributed by atoms with Crippen LogP contribution in [-0.2, 0) is 0 Å². The first-order valence-corrected chi connectivity index (χ1v) is 7.70. The highest BCUT2D eigenvalue weighted by atomic mass is 16.6. The van der Waals surface area contributed by atoms with Gasteiger partial charge in [0.25, 0.3) is 0 Å². The Kier molecular flexibility index (Phi) is 3.70. The molecule has 0 fully saturated rings. The maximum atomic E-state index is 12.5. The normalized spacial score (nSPS) is 13.3. The van der Waals surface area contributed by atoms with Crippen LogP contribution in [-0.4, -0.2) is 23.0 Å². The van der Waals surface area contributed by atoms with Crippen molar-refractivity contribution in [2.45, 2.75) is 0 Å². The van der Waals surface area contributed by atoms with E-state index in [-0.39, 0.29) is 17.1 Å². The van der Waals surface area contributed by atoms with Gasteiger partial charge < -0.3 is 15.2 Å². The Morgan fingerprint density at radius 3 is 2.56 bits per heavy atom. The van der Waals surface area contributed by atoms with E-state index in [9.17, 15) is 4.79 Å². The largest absolute Gasteiger partial charge is 0.486 e. The first kappa shape index (κ1) is 15.0. The van der Waals surface area contributed by atoms with Gasteiger partial charge in [-0.25, -0.2) is 4.68 Å². The van der Waals surface area contributed by atoms with Crippen molar-refractivity contribution < 1.29 is 9.47 Å². The number of H-pyrrole nitrogens is 1. The smallest absolute Gasteiger partial charge is 0.301 e. The first-order chi connectivity index (χ1) is 12.2. The van der Waals surface area contributed by atoms with Gasteiger partial charge in [0.1, 0.15) is 19.0 Å². The molecule has 25 heavy (non-hydrogen) atoms. The number of aromatic nitrogens is 2. The summed E-state index contributed by atoms with van der Waals surface area (Å²) in [5, 5.41) is 10.9. The lowest BCUT2D eigenvalue weighted by atomic mass is 10.2. The summed E-state index contributed by atoms with van der Waals surface area (Å²) >= 11 is 0. The molecule has 0 saturated carbocycles. The minimum absolute atomic E-state index is 0.0544. The average molecular weight is 337 g/mol. The minimum atomic E-state index is -0.370. The zero-order valence-corrected chi connectivity index (χ0v) is 13.2. The van der Waals surface area contributed by atoms with E-state index in [4.69, 9.17) is 15.2 Å². The fraction of sp³-hybridized carbons (Fsp3) is 0.118. The second-order valence-corrected chi connectivity index (χ2v) is 5.38. The third kappa shape index (κ3) is 2.85. The molecule has 2 aromatic carbocycles. The van der Waals surface area contributed by atoms with Crippen LogP contribution in [0.25, 0.3) is 5.69 Å². The molecular formula is C17H15N5O3. The summed E-state index contributed by atoms with van der Waals surface area (Å²) in [6.45, 7) is 1.01. The molecule has 3 aromatic rings. The SMILES string of the molecule is Nc1[nH]n(-c2ccccc2)c(=O)c1N=Nc1ccc2c(c1)OCCO2. The fourth-order valence-corrected chi connectivity index (χ4v) is 2.50. The highest BCUT2D eigenvalue weighted by molar-refractivity contribution is 5.58. The van der Waals surface area contributed by atoms with Gasteiger partial charge in [0.15, 0.2) is 17.2 Å². The van der Waals surface area contributed by atoms with Gasteiger partial charge in [0.05, 0.1) is 11.4 Å². The van der Waals surface area contributed by atoms with Crippen molar-refractivity contribution in [1.82, 2.24) is 9.78 Å². The summed E-state index contributed by atoms with van der Waals surface area (Å²) < 4.78 is 12.3. The van der Waals surface area contributed by atoms with Gasteiger partial charge in [-0.15, -0.1) is 5.11 Å². The molecular weight excluding hydrogens is 322 g/mol. The van der Waals surface area contributed by atoms with E-state index in [1.807, 2.05) is 18.2 Å². The lowest BCUT2D eigenvalue weighted by Gasteiger charge is -2.17. The molecule has 3 N–H and O–H groups in total. The predicted octanol–water partition coefficient (Wildman–Crippen LogP) is 2.93. The van der Waals surface area contributed by atoms with Crippen LogP contribution < -0.4 is 20.8 Å². The first-order valence-electron chi connectivity index (χ1n) is 7.70. The predicted molar refractivity (Wildman–Crippen MR) is 92.4 cm³/mol. The molecule has 1 aliphatic heterocycles. The molecule has 4 rings (SSSR count). The third-order valence-electron chi connectivity index (χ3n) is 3.70. The number of rotatable bonds is 3. The molecule has 8 nitrogen and oxygen atoms in total. The highest BCUT2D eigenvalue weighted by Crippen LogP contribution is 2.34. The minimum Gasteiger partial charge on any atom is -0.486 e. The van der Waals surface area contributed by atoms with Gasteiger partial charge in [-0.2, -0.15) is 5.11 Å². The highest BCUT2D eigenvalue weighted by Gasteiger charge is 2.14. The Hall–Kier alpha value is -3.55. The molecule has 1 aromatic heterocycles. The zero-order chi connectivity index (χ0) is 17.2. The van der Waals surface area contributed by atoms with Crippen LogP contribution in [0.15, 0.2) is 63.6 Å². The van der Waals surface area contributed by atoms with Gasteiger partial charge in [0.2, 0.25) is 0 Å². The van der Waals surface area contributed by atoms with Crippen molar-refractivity contribution in [2.75, 3.05) is 18.9 Å². The Bertz CT molecular complexity index is 991. The molecule has 0 atom stereocenters.